The van der Waals surface area contributed by atoms with Gasteiger partial charge < -0.3 is 5.32 Å². The molecule has 0 amide bonds. The van der Waals surface area contributed by atoms with E-state index >= 15 is 0 Å². The monoisotopic (exact) mass is 265 g/mol. The fourth-order valence-corrected chi connectivity index (χ4v) is 3.02. The number of fused-ring (bicyclic) bond motifs is 1. The highest BCUT2D eigenvalue weighted by molar-refractivity contribution is 5.46. The smallest absolute Gasteiger partial charge is 0.0400 e. The molecule has 0 spiro atoms. The zero-order valence-electron chi connectivity index (χ0n) is 12.3. The minimum absolute atomic E-state index is 0.917. The molecule has 3 rings (SSSR count). The number of hydrogen-bond acceptors (Lipinski definition) is 1. The van der Waals surface area contributed by atoms with Crippen LogP contribution in [0.15, 0.2) is 42.5 Å². The van der Waals surface area contributed by atoms with Gasteiger partial charge >= 0.3 is 0 Å². The van der Waals surface area contributed by atoms with E-state index in [9.17, 15) is 0 Å². The quantitative estimate of drug-likeness (QED) is 0.823. The molecule has 2 aromatic rings. The van der Waals surface area contributed by atoms with E-state index < -0.39 is 0 Å². The van der Waals surface area contributed by atoms with Gasteiger partial charge in [0.1, 0.15) is 0 Å². The summed E-state index contributed by atoms with van der Waals surface area (Å²) in [7, 11) is 0. The molecule has 104 valence electrons. The van der Waals surface area contributed by atoms with Gasteiger partial charge in [0.05, 0.1) is 0 Å². The van der Waals surface area contributed by atoms with Crippen LogP contribution in [0, 0.1) is 0 Å². The molecule has 1 heteroatoms. The molecule has 1 N–H and O–H groups in total. The van der Waals surface area contributed by atoms with Crippen molar-refractivity contribution in [2.24, 2.45) is 0 Å². The fraction of sp³-hybridized carbons (Fsp3) is 0.368. The highest BCUT2D eigenvalue weighted by atomic mass is 14.9. The fourth-order valence-electron chi connectivity index (χ4n) is 3.02. The number of anilines is 1. The van der Waals surface area contributed by atoms with Crippen molar-refractivity contribution in [3.8, 4) is 0 Å². The molecule has 1 nitrogen and oxygen atoms in total. The number of hydrogen-bond donors (Lipinski definition) is 1. The number of nitrogens with one attached hydrogen (secondary N) is 1. The van der Waals surface area contributed by atoms with Crippen molar-refractivity contribution in [1.29, 1.82) is 0 Å². The van der Waals surface area contributed by atoms with Gasteiger partial charge in [-0.05, 0) is 60.1 Å². The first-order valence-electron chi connectivity index (χ1n) is 7.78. The highest BCUT2D eigenvalue weighted by Crippen LogP contribution is 2.23. The van der Waals surface area contributed by atoms with E-state index in [2.05, 4.69) is 54.7 Å². The van der Waals surface area contributed by atoms with Crippen LogP contribution < -0.4 is 5.32 Å². The minimum Gasteiger partial charge on any atom is -0.381 e. The average molecular weight is 265 g/mol. The van der Waals surface area contributed by atoms with Crippen LogP contribution in [0.2, 0.25) is 0 Å². The molecule has 0 unspecified atom stereocenters. The molecule has 0 saturated heterocycles. The van der Waals surface area contributed by atoms with E-state index in [0.717, 1.165) is 6.54 Å². The molecule has 1 aliphatic carbocycles. The molecule has 0 radical (unpaired) electrons. The standard InChI is InChI=1S/C19H23N/c1-2-4-15-8-11-19(12-9-15)20-14-16-7-10-17-5-3-6-18(17)13-16/h7-13,20H,2-6,14H2,1H3. The molecular formula is C19H23N. The molecule has 20 heavy (non-hydrogen) atoms. The van der Waals surface area contributed by atoms with Crippen LogP contribution in [0.25, 0.3) is 0 Å². The second-order valence-electron chi connectivity index (χ2n) is 5.76. The summed E-state index contributed by atoms with van der Waals surface area (Å²) < 4.78 is 0. The maximum atomic E-state index is 3.52. The lowest BCUT2D eigenvalue weighted by molar-refractivity contribution is 0.911. The Labute approximate surface area is 122 Å². The van der Waals surface area contributed by atoms with Crippen molar-refractivity contribution in [3.05, 3.63) is 64.7 Å². The summed E-state index contributed by atoms with van der Waals surface area (Å²) in [5.74, 6) is 0. The Bertz CT molecular complexity index is 569. The second kappa shape index (κ2) is 6.13. The van der Waals surface area contributed by atoms with Crippen molar-refractivity contribution in [2.45, 2.75) is 45.6 Å². The number of aryl methyl sites for hydroxylation is 3. The largest absolute Gasteiger partial charge is 0.381 e. The molecule has 0 aromatic heterocycles. The third-order valence-electron chi connectivity index (χ3n) is 4.15. The number of benzene rings is 2. The van der Waals surface area contributed by atoms with Gasteiger partial charge in [-0.2, -0.15) is 0 Å². The van der Waals surface area contributed by atoms with E-state index in [1.165, 1.54) is 48.9 Å². The lowest BCUT2D eigenvalue weighted by atomic mass is 10.1. The molecule has 0 atom stereocenters. The third kappa shape index (κ3) is 3.04. The van der Waals surface area contributed by atoms with Gasteiger partial charge in [-0.15, -0.1) is 0 Å². The molecule has 0 fully saturated rings. The Morgan fingerprint density at radius 2 is 1.65 bits per heavy atom. The molecule has 0 aliphatic heterocycles. The van der Waals surface area contributed by atoms with Gasteiger partial charge in [0, 0.05) is 12.2 Å². The summed E-state index contributed by atoms with van der Waals surface area (Å²) in [5, 5.41) is 3.52. The highest BCUT2D eigenvalue weighted by Gasteiger charge is 2.10. The van der Waals surface area contributed by atoms with E-state index in [0.29, 0.717) is 0 Å². The minimum atomic E-state index is 0.917. The van der Waals surface area contributed by atoms with Gasteiger partial charge in [0.25, 0.3) is 0 Å². The van der Waals surface area contributed by atoms with Gasteiger partial charge in [0.2, 0.25) is 0 Å². The van der Waals surface area contributed by atoms with Gasteiger partial charge in [0.15, 0.2) is 0 Å². The van der Waals surface area contributed by atoms with E-state index in [1.54, 1.807) is 11.1 Å². The van der Waals surface area contributed by atoms with Crippen LogP contribution in [-0.2, 0) is 25.8 Å². The van der Waals surface area contributed by atoms with Crippen molar-refractivity contribution in [1.82, 2.24) is 0 Å². The molecule has 0 bridgehead atoms. The first-order chi connectivity index (χ1) is 9.85. The zero-order valence-corrected chi connectivity index (χ0v) is 12.3. The van der Waals surface area contributed by atoms with E-state index in [4.69, 9.17) is 0 Å². The predicted molar refractivity (Wildman–Crippen MR) is 86.2 cm³/mol. The Kier molecular flexibility index (Phi) is 4.05. The summed E-state index contributed by atoms with van der Waals surface area (Å²) in [5.41, 5.74) is 7.14. The maximum absolute atomic E-state index is 3.52. The summed E-state index contributed by atoms with van der Waals surface area (Å²) >= 11 is 0. The van der Waals surface area contributed by atoms with Gasteiger partial charge in [-0.1, -0.05) is 43.7 Å². The SMILES string of the molecule is CCCc1ccc(NCc2ccc3c(c2)CCC3)cc1. The van der Waals surface area contributed by atoms with Crippen molar-refractivity contribution >= 4 is 5.69 Å². The first kappa shape index (κ1) is 13.2. The zero-order chi connectivity index (χ0) is 13.8. The molecular weight excluding hydrogens is 242 g/mol. The summed E-state index contributed by atoms with van der Waals surface area (Å²) in [4.78, 5) is 0. The maximum Gasteiger partial charge on any atom is 0.0400 e. The normalized spacial score (nSPS) is 13.2. The summed E-state index contributed by atoms with van der Waals surface area (Å²) in [6.07, 6.45) is 6.23. The van der Waals surface area contributed by atoms with E-state index in [-0.39, 0.29) is 0 Å². The molecule has 0 heterocycles. The second-order valence-corrected chi connectivity index (χ2v) is 5.76. The van der Waals surface area contributed by atoms with Crippen molar-refractivity contribution < 1.29 is 0 Å². The molecule has 1 aliphatic rings. The Balaban J connectivity index is 1.61. The van der Waals surface area contributed by atoms with Crippen LogP contribution in [0.4, 0.5) is 5.69 Å². The lowest BCUT2D eigenvalue weighted by Crippen LogP contribution is -2.00. The number of rotatable bonds is 5. The Morgan fingerprint density at radius 1 is 0.900 bits per heavy atom. The Morgan fingerprint density at radius 3 is 2.45 bits per heavy atom. The third-order valence-corrected chi connectivity index (χ3v) is 4.15. The summed E-state index contributed by atoms with van der Waals surface area (Å²) in [6.45, 7) is 3.14. The lowest BCUT2D eigenvalue weighted by Gasteiger charge is -2.09. The van der Waals surface area contributed by atoms with Crippen molar-refractivity contribution in [3.63, 3.8) is 0 Å². The first-order valence-corrected chi connectivity index (χ1v) is 7.78. The van der Waals surface area contributed by atoms with Crippen molar-refractivity contribution in [2.75, 3.05) is 5.32 Å². The van der Waals surface area contributed by atoms with Crippen LogP contribution in [0.1, 0.15) is 42.0 Å². The van der Waals surface area contributed by atoms with Crippen LogP contribution in [0.5, 0.6) is 0 Å². The molecule has 0 saturated carbocycles. The molecule has 2 aromatic carbocycles. The van der Waals surface area contributed by atoms with Gasteiger partial charge in [-0.3, -0.25) is 0 Å². The topological polar surface area (TPSA) is 12.0 Å². The average Bonchev–Trinajstić information content (AvgIpc) is 2.94. The Hall–Kier alpha value is -1.76. The van der Waals surface area contributed by atoms with Crippen LogP contribution >= 0.6 is 0 Å². The van der Waals surface area contributed by atoms with Gasteiger partial charge in [-0.25, -0.2) is 0 Å². The van der Waals surface area contributed by atoms with Crippen LogP contribution in [-0.4, -0.2) is 0 Å². The van der Waals surface area contributed by atoms with E-state index in [1.807, 2.05) is 0 Å². The predicted octanol–water partition coefficient (Wildman–Crippen LogP) is 4.74. The van der Waals surface area contributed by atoms with Crippen LogP contribution in [0.3, 0.4) is 0 Å². The summed E-state index contributed by atoms with van der Waals surface area (Å²) in [6, 6.07) is 15.8.